The number of aromatic nitrogens is 2. The topological polar surface area (TPSA) is 67.4 Å². The molecule has 4 rings (SSSR count). The summed E-state index contributed by atoms with van der Waals surface area (Å²) in [5, 5.41) is 3.22. The second-order valence-electron chi connectivity index (χ2n) is 6.58. The number of hydrogen-bond donors (Lipinski definition) is 1. The minimum atomic E-state index is -0.00295. The average molecular weight is 302 g/mol. The van der Waals surface area contributed by atoms with Crippen molar-refractivity contribution < 1.29 is 9.53 Å². The van der Waals surface area contributed by atoms with E-state index in [1.165, 1.54) is 6.42 Å². The van der Waals surface area contributed by atoms with E-state index in [4.69, 9.17) is 4.74 Å². The third-order valence-corrected chi connectivity index (χ3v) is 5.27. The summed E-state index contributed by atoms with van der Waals surface area (Å²) in [5.74, 6) is 1.42. The Kier molecular flexibility index (Phi) is 3.70. The number of ether oxygens (including phenoxy) is 1. The molecule has 0 bridgehead atoms. The molecule has 0 radical (unpaired) electrons. The van der Waals surface area contributed by atoms with Gasteiger partial charge in [-0.1, -0.05) is 0 Å². The highest BCUT2D eigenvalue weighted by molar-refractivity contribution is 5.80. The van der Waals surface area contributed by atoms with E-state index < -0.39 is 0 Å². The molecule has 2 aliphatic heterocycles. The minimum absolute atomic E-state index is 0.00295. The van der Waals surface area contributed by atoms with E-state index >= 15 is 0 Å². The highest BCUT2D eigenvalue weighted by Crippen LogP contribution is 2.35. The lowest BCUT2D eigenvalue weighted by Gasteiger charge is -2.40. The van der Waals surface area contributed by atoms with Crippen molar-refractivity contribution in [3.05, 3.63) is 18.6 Å². The molecule has 6 nitrogen and oxygen atoms in total. The third-order valence-electron chi connectivity index (χ3n) is 5.27. The molecule has 1 amide bonds. The van der Waals surface area contributed by atoms with Gasteiger partial charge >= 0.3 is 0 Å². The van der Waals surface area contributed by atoms with Crippen LogP contribution in [0.5, 0.6) is 0 Å². The number of carbonyl (C=O) groups is 1. The van der Waals surface area contributed by atoms with Crippen LogP contribution in [0.3, 0.4) is 0 Å². The normalized spacial score (nSPS) is 31.5. The first-order valence-electron chi connectivity index (χ1n) is 8.24. The zero-order valence-electron chi connectivity index (χ0n) is 12.6. The number of amides is 1. The second-order valence-corrected chi connectivity index (χ2v) is 6.58. The molecule has 3 fully saturated rings. The fourth-order valence-corrected chi connectivity index (χ4v) is 3.77. The first kappa shape index (κ1) is 13.9. The molecule has 6 heteroatoms. The predicted octanol–water partition coefficient (Wildman–Crippen LogP) is 0.987. The van der Waals surface area contributed by atoms with Crippen molar-refractivity contribution in [3.63, 3.8) is 0 Å². The molecule has 0 spiro atoms. The lowest BCUT2D eigenvalue weighted by atomic mass is 9.81. The summed E-state index contributed by atoms with van der Waals surface area (Å²) in [6.07, 6.45) is 7.91. The summed E-state index contributed by atoms with van der Waals surface area (Å²) in [7, 11) is 0. The number of hydrogen-bond acceptors (Lipinski definition) is 5. The molecule has 1 saturated carbocycles. The largest absolute Gasteiger partial charge is 0.376 e. The standard InChI is InChI=1S/C16H22N4O2/c21-16(19-11-2-1-3-11)13-8-20(15-4-6-17-10-18-15)9-14-12(13)5-7-22-14/h4,6,10-14H,1-3,5,7-9H2,(H,19,21)/t12-,13-,14+/m1/s1. The number of nitrogens with one attached hydrogen (secondary N) is 1. The van der Waals surface area contributed by atoms with Gasteiger partial charge in [-0.25, -0.2) is 9.97 Å². The van der Waals surface area contributed by atoms with Crippen LogP contribution in [0.2, 0.25) is 0 Å². The lowest BCUT2D eigenvalue weighted by Crippen LogP contribution is -2.55. The van der Waals surface area contributed by atoms with Crippen molar-refractivity contribution in [1.29, 1.82) is 0 Å². The molecule has 1 aliphatic carbocycles. The fourth-order valence-electron chi connectivity index (χ4n) is 3.77. The number of anilines is 1. The van der Waals surface area contributed by atoms with Gasteiger partial charge in [0.1, 0.15) is 12.1 Å². The molecular weight excluding hydrogens is 280 g/mol. The molecule has 3 heterocycles. The van der Waals surface area contributed by atoms with Crippen LogP contribution >= 0.6 is 0 Å². The fraction of sp³-hybridized carbons (Fsp3) is 0.688. The van der Waals surface area contributed by atoms with Crippen molar-refractivity contribution in [2.75, 3.05) is 24.6 Å². The Balaban J connectivity index is 1.51. The Labute approximate surface area is 130 Å². The monoisotopic (exact) mass is 302 g/mol. The smallest absolute Gasteiger partial charge is 0.225 e. The van der Waals surface area contributed by atoms with E-state index in [2.05, 4.69) is 20.2 Å². The molecule has 0 unspecified atom stereocenters. The van der Waals surface area contributed by atoms with E-state index in [1.807, 2.05) is 6.07 Å². The van der Waals surface area contributed by atoms with E-state index in [0.717, 1.165) is 44.8 Å². The Morgan fingerprint density at radius 2 is 2.23 bits per heavy atom. The summed E-state index contributed by atoms with van der Waals surface area (Å²) in [6.45, 7) is 2.30. The van der Waals surface area contributed by atoms with Gasteiger partial charge in [0.05, 0.1) is 12.0 Å². The van der Waals surface area contributed by atoms with E-state index in [1.54, 1.807) is 12.5 Å². The van der Waals surface area contributed by atoms with Crippen LogP contribution in [-0.4, -0.2) is 47.7 Å². The van der Waals surface area contributed by atoms with Crippen molar-refractivity contribution in [2.24, 2.45) is 11.8 Å². The van der Waals surface area contributed by atoms with Crippen molar-refractivity contribution in [2.45, 2.75) is 37.8 Å². The summed E-state index contributed by atoms with van der Waals surface area (Å²) in [4.78, 5) is 23.2. The lowest BCUT2D eigenvalue weighted by molar-refractivity contribution is -0.129. The maximum atomic E-state index is 12.7. The van der Waals surface area contributed by atoms with Crippen molar-refractivity contribution in [1.82, 2.24) is 15.3 Å². The molecule has 3 aliphatic rings. The maximum absolute atomic E-state index is 12.7. The number of piperidine rings is 1. The van der Waals surface area contributed by atoms with Gasteiger partial charge in [-0.15, -0.1) is 0 Å². The molecule has 3 atom stereocenters. The zero-order chi connectivity index (χ0) is 14.9. The summed E-state index contributed by atoms with van der Waals surface area (Å²) in [6, 6.07) is 2.29. The summed E-state index contributed by atoms with van der Waals surface area (Å²) in [5.41, 5.74) is 0. The van der Waals surface area contributed by atoms with Gasteiger partial charge in [-0.2, -0.15) is 0 Å². The van der Waals surface area contributed by atoms with Crippen LogP contribution in [0.15, 0.2) is 18.6 Å². The van der Waals surface area contributed by atoms with E-state index in [-0.39, 0.29) is 17.9 Å². The van der Waals surface area contributed by atoms with Gasteiger partial charge in [-0.3, -0.25) is 4.79 Å². The predicted molar refractivity (Wildman–Crippen MR) is 81.4 cm³/mol. The molecule has 22 heavy (non-hydrogen) atoms. The summed E-state index contributed by atoms with van der Waals surface area (Å²) >= 11 is 0. The van der Waals surface area contributed by atoms with Crippen LogP contribution < -0.4 is 10.2 Å². The van der Waals surface area contributed by atoms with Crippen LogP contribution in [0, 0.1) is 11.8 Å². The SMILES string of the molecule is O=C(NC1CCC1)[C@@H]1CN(c2ccncn2)C[C@@H]2OCC[C@@H]21. The van der Waals surface area contributed by atoms with Gasteiger partial charge in [-0.05, 0) is 31.7 Å². The molecule has 1 aromatic heterocycles. The Hall–Kier alpha value is -1.69. The highest BCUT2D eigenvalue weighted by atomic mass is 16.5. The zero-order valence-corrected chi connectivity index (χ0v) is 12.6. The van der Waals surface area contributed by atoms with Crippen LogP contribution in [-0.2, 0) is 9.53 Å². The Bertz CT molecular complexity index is 534. The Morgan fingerprint density at radius 3 is 2.95 bits per heavy atom. The van der Waals surface area contributed by atoms with Crippen molar-refractivity contribution in [3.8, 4) is 0 Å². The van der Waals surface area contributed by atoms with Gasteiger partial charge in [0, 0.05) is 37.9 Å². The second kappa shape index (κ2) is 5.83. The number of nitrogens with zero attached hydrogens (tertiary/aromatic N) is 3. The molecular formula is C16H22N4O2. The highest BCUT2D eigenvalue weighted by Gasteiger charge is 2.44. The number of fused-ring (bicyclic) bond motifs is 1. The van der Waals surface area contributed by atoms with Gasteiger partial charge in [0.25, 0.3) is 0 Å². The maximum Gasteiger partial charge on any atom is 0.225 e. The molecule has 1 N–H and O–H groups in total. The van der Waals surface area contributed by atoms with Crippen molar-refractivity contribution >= 4 is 11.7 Å². The van der Waals surface area contributed by atoms with Gasteiger partial charge in [0.2, 0.25) is 5.91 Å². The minimum Gasteiger partial charge on any atom is -0.376 e. The van der Waals surface area contributed by atoms with Crippen LogP contribution in [0.1, 0.15) is 25.7 Å². The third kappa shape index (κ3) is 2.56. The Morgan fingerprint density at radius 1 is 1.32 bits per heavy atom. The van der Waals surface area contributed by atoms with Gasteiger partial charge < -0.3 is 15.0 Å². The molecule has 0 aromatic carbocycles. The first-order valence-corrected chi connectivity index (χ1v) is 8.24. The summed E-state index contributed by atoms with van der Waals surface area (Å²) < 4.78 is 5.87. The van der Waals surface area contributed by atoms with E-state index in [0.29, 0.717) is 12.0 Å². The van der Waals surface area contributed by atoms with Crippen LogP contribution in [0.4, 0.5) is 5.82 Å². The molecule has 118 valence electrons. The van der Waals surface area contributed by atoms with E-state index in [9.17, 15) is 4.79 Å². The first-order chi connectivity index (χ1) is 10.8. The quantitative estimate of drug-likeness (QED) is 0.902. The average Bonchev–Trinajstić information content (AvgIpc) is 2.99. The number of rotatable bonds is 3. The number of carbonyl (C=O) groups excluding carboxylic acids is 1. The molecule has 1 aromatic rings. The molecule has 2 saturated heterocycles. The van der Waals surface area contributed by atoms with Crippen LogP contribution in [0.25, 0.3) is 0 Å². The van der Waals surface area contributed by atoms with Gasteiger partial charge in [0.15, 0.2) is 0 Å².